The maximum absolute atomic E-state index is 9.08. The highest BCUT2D eigenvalue weighted by Crippen LogP contribution is 2.22. The Balaban J connectivity index is 2.52. The summed E-state index contributed by atoms with van der Waals surface area (Å²) in [6.07, 6.45) is 1.55. The molecular weight excluding hydrogens is 168 g/mol. The van der Waals surface area contributed by atoms with Crippen molar-refractivity contribution in [3.8, 4) is 0 Å². The average molecular weight is 178 g/mol. The highest BCUT2D eigenvalue weighted by Gasteiger charge is 2.11. The molecule has 5 nitrogen and oxygen atoms in total. The van der Waals surface area contributed by atoms with Crippen LogP contribution in [0, 0.1) is 0 Å². The fourth-order valence-corrected chi connectivity index (χ4v) is 1.28. The molecule has 68 valence electrons. The third-order valence-corrected chi connectivity index (χ3v) is 1.99. The molecule has 0 atom stereocenters. The van der Waals surface area contributed by atoms with Gasteiger partial charge in [0.25, 0.3) is 0 Å². The molecule has 1 aromatic rings. The smallest absolute Gasteiger partial charge is 0.0903 e. The van der Waals surface area contributed by atoms with Crippen LogP contribution in [0.15, 0.2) is 17.2 Å². The van der Waals surface area contributed by atoms with E-state index in [2.05, 4.69) is 5.10 Å². The Labute approximate surface area is 75.2 Å². The van der Waals surface area contributed by atoms with Gasteiger partial charge in [-0.2, -0.15) is 10.3 Å². The normalized spacial score (nSPS) is 14.4. The molecule has 1 aliphatic rings. The summed E-state index contributed by atoms with van der Waals surface area (Å²) >= 11 is 0. The minimum Gasteiger partial charge on any atom is -0.397 e. The largest absolute Gasteiger partial charge is 0.397 e. The molecule has 0 aliphatic carbocycles. The predicted molar refractivity (Wildman–Crippen MR) is 50.2 cm³/mol. The second-order valence-corrected chi connectivity index (χ2v) is 2.95. The number of hydrogen-bond donors (Lipinski definition) is 3. The monoisotopic (exact) mass is 178 g/mol. The third-order valence-electron chi connectivity index (χ3n) is 1.99. The number of nitrogen functional groups attached to an aromatic ring is 2. The molecule has 0 radical (unpaired) electrons. The first kappa shape index (κ1) is 7.88. The summed E-state index contributed by atoms with van der Waals surface area (Å²) in [6.45, 7) is 0.344. The standard InChI is InChI=1S/C8H10N4O/c9-7-1-5-3-11-12(13)4-6(5)2-8(7)10/h1-3,13H,4,9-10H2. The van der Waals surface area contributed by atoms with Crippen molar-refractivity contribution in [1.82, 2.24) is 5.17 Å². The zero-order valence-electron chi connectivity index (χ0n) is 6.94. The molecule has 5 N–H and O–H groups in total. The molecule has 2 rings (SSSR count). The number of hydroxylamine groups is 1. The number of hydrogen-bond acceptors (Lipinski definition) is 5. The molecule has 1 aromatic carbocycles. The van der Waals surface area contributed by atoms with Crippen LogP contribution in [0.2, 0.25) is 0 Å². The summed E-state index contributed by atoms with van der Waals surface area (Å²) in [7, 11) is 0. The number of hydrazone groups is 1. The van der Waals surface area contributed by atoms with E-state index in [1.54, 1.807) is 18.3 Å². The van der Waals surface area contributed by atoms with E-state index in [0.717, 1.165) is 16.3 Å². The van der Waals surface area contributed by atoms with Crippen LogP contribution in [-0.2, 0) is 6.54 Å². The van der Waals surface area contributed by atoms with Crippen LogP contribution in [0.1, 0.15) is 11.1 Å². The highest BCUT2D eigenvalue weighted by atomic mass is 16.5. The minimum atomic E-state index is 0.344. The van der Waals surface area contributed by atoms with Crippen LogP contribution in [0.25, 0.3) is 0 Å². The maximum atomic E-state index is 9.08. The molecule has 0 saturated carbocycles. The van der Waals surface area contributed by atoms with Gasteiger partial charge >= 0.3 is 0 Å². The van der Waals surface area contributed by atoms with Crippen molar-refractivity contribution >= 4 is 17.6 Å². The van der Waals surface area contributed by atoms with Crippen molar-refractivity contribution in [1.29, 1.82) is 0 Å². The Morgan fingerprint density at radius 1 is 1.31 bits per heavy atom. The van der Waals surface area contributed by atoms with Gasteiger partial charge in [0.05, 0.1) is 24.1 Å². The number of anilines is 2. The number of rotatable bonds is 0. The van der Waals surface area contributed by atoms with Gasteiger partial charge in [-0.15, -0.1) is 0 Å². The molecule has 0 spiro atoms. The lowest BCUT2D eigenvalue weighted by atomic mass is 10.1. The van der Waals surface area contributed by atoms with Crippen molar-refractivity contribution in [2.45, 2.75) is 6.54 Å². The molecule has 5 heteroatoms. The summed E-state index contributed by atoms with van der Waals surface area (Å²) < 4.78 is 0. The van der Waals surface area contributed by atoms with Crippen molar-refractivity contribution in [3.63, 3.8) is 0 Å². The second kappa shape index (κ2) is 2.63. The first-order chi connectivity index (χ1) is 6.16. The van der Waals surface area contributed by atoms with E-state index in [0.29, 0.717) is 17.9 Å². The van der Waals surface area contributed by atoms with Gasteiger partial charge in [0.1, 0.15) is 0 Å². The lowest BCUT2D eigenvalue weighted by molar-refractivity contribution is -0.0990. The summed E-state index contributed by atoms with van der Waals surface area (Å²) in [6, 6.07) is 3.50. The van der Waals surface area contributed by atoms with Gasteiger partial charge < -0.3 is 11.5 Å². The van der Waals surface area contributed by atoms with Gasteiger partial charge in [0, 0.05) is 5.56 Å². The van der Waals surface area contributed by atoms with Gasteiger partial charge in [0.15, 0.2) is 0 Å². The Hall–Kier alpha value is -1.75. The van der Waals surface area contributed by atoms with Crippen molar-refractivity contribution in [2.75, 3.05) is 11.5 Å². The van der Waals surface area contributed by atoms with Crippen molar-refractivity contribution < 1.29 is 5.21 Å². The van der Waals surface area contributed by atoms with E-state index in [1.807, 2.05) is 0 Å². The molecule has 1 aliphatic heterocycles. The lowest BCUT2D eigenvalue weighted by Crippen LogP contribution is -2.18. The number of benzene rings is 1. The van der Waals surface area contributed by atoms with E-state index in [1.165, 1.54) is 0 Å². The zero-order valence-corrected chi connectivity index (χ0v) is 6.94. The van der Waals surface area contributed by atoms with E-state index in [-0.39, 0.29) is 0 Å². The number of fused-ring (bicyclic) bond motifs is 1. The molecule has 0 bridgehead atoms. The highest BCUT2D eigenvalue weighted by molar-refractivity contribution is 5.86. The summed E-state index contributed by atoms with van der Waals surface area (Å²) in [4.78, 5) is 0. The summed E-state index contributed by atoms with van der Waals surface area (Å²) in [5, 5.41) is 13.6. The van der Waals surface area contributed by atoms with E-state index in [9.17, 15) is 0 Å². The molecule has 0 amide bonds. The first-order valence-corrected chi connectivity index (χ1v) is 3.85. The van der Waals surface area contributed by atoms with Gasteiger partial charge in [-0.3, -0.25) is 5.21 Å². The molecular formula is C8H10N4O. The van der Waals surface area contributed by atoms with E-state index >= 15 is 0 Å². The van der Waals surface area contributed by atoms with Crippen LogP contribution in [0.4, 0.5) is 11.4 Å². The van der Waals surface area contributed by atoms with Crippen LogP contribution in [0.5, 0.6) is 0 Å². The van der Waals surface area contributed by atoms with Gasteiger partial charge in [-0.1, -0.05) is 0 Å². The number of nitrogens with zero attached hydrogens (tertiary/aromatic N) is 2. The molecule has 0 unspecified atom stereocenters. The van der Waals surface area contributed by atoms with Gasteiger partial charge in [0.2, 0.25) is 0 Å². The number of nitrogens with two attached hydrogens (primary N) is 2. The summed E-state index contributed by atoms with van der Waals surface area (Å²) in [5.74, 6) is 0. The molecule has 13 heavy (non-hydrogen) atoms. The van der Waals surface area contributed by atoms with Crippen LogP contribution in [-0.4, -0.2) is 16.6 Å². The predicted octanol–water partition coefficient (Wildman–Crippen LogP) is 0.390. The van der Waals surface area contributed by atoms with E-state index < -0.39 is 0 Å². The minimum absolute atomic E-state index is 0.344. The maximum Gasteiger partial charge on any atom is 0.0903 e. The van der Waals surface area contributed by atoms with Crippen LogP contribution < -0.4 is 11.5 Å². The molecule has 1 heterocycles. The van der Waals surface area contributed by atoms with Gasteiger partial charge in [-0.25, -0.2) is 0 Å². The van der Waals surface area contributed by atoms with Gasteiger partial charge in [-0.05, 0) is 17.7 Å². The third kappa shape index (κ3) is 1.29. The first-order valence-electron chi connectivity index (χ1n) is 3.85. The average Bonchev–Trinajstić information content (AvgIpc) is 2.08. The molecule has 0 saturated heterocycles. The van der Waals surface area contributed by atoms with Crippen molar-refractivity contribution in [2.24, 2.45) is 5.10 Å². The molecule has 0 aromatic heterocycles. The Morgan fingerprint density at radius 2 is 2.00 bits per heavy atom. The van der Waals surface area contributed by atoms with Crippen LogP contribution >= 0.6 is 0 Å². The van der Waals surface area contributed by atoms with E-state index in [4.69, 9.17) is 16.7 Å². The SMILES string of the molecule is Nc1cc2c(cc1N)CN(O)N=C2. The Kier molecular flexibility index (Phi) is 1.60. The second-order valence-electron chi connectivity index (χ2n) is 2.95. The Bertz CT molecular complexity index is 375. The lowest BCUT2D eigenvalue weighted by Gasteiger charge is -2.18. The topological polar surface area (TPSA) is 87.9 Å². The Morgan fingerprint density at radius 3 is 2.77 bits per heavy atom. The zero-order chi connectivity index (χ0) is 9.42. The summed E-state index contributed by atoms with van der Waals surface area (Å²) in [5.41, 5.74) is 14.1. The molecule has 0 fully saturated rings. The van der Waals surface area contributed by atoms with Crippen molar-refractivity contribution in [3.05, 3.63) is 23.3 Å². The van der Waals surface area contributed by atoms with Crippen LogP contribution in [0.3, 0.4) is 0 Å². The quantitative estimate of drug-likeness (QED) is 0.501. The fraction of sp³-hybridized carbons (Fsp3) is 0.125. The fourth-order valence-electron chi connectivity index (χ4n) is 1.28.